The number of rotatable bonds is 1. The second-order valence-electron chi connectivity index (χ2n) is 2.42. The largest absolute Gasteiger partial charge is 0.300 e. The van der Waals surface area contributed by atoms with Crippen LogP contribution in [0.3, 0.4) is 0 Å². The summed E-state index contributed by atoms with van der Waals surface area (Å²) in [6, 6.07) is 0. The minimum Gasteiger partial charge on any atom is -0.300 e. The number of ketones is 1. The Hall–Kier alpha value is -0.130. The van der Waals surface area contributed by atoms with Gasteiger partial charge in [0, 0.05) is 12.8 Å². The zero-order chi connectivity index (χ0) is 7.78. The summed E-state index contributed by atoms with van der Waals surface area (Å²) in [4.78, 5) is 10.5. The van der Waals surface area contributed by atoms with E-state index in [2.05, 4.69) is 0 Å². The van der Waals surface area contributed by atoms with Gasteiger partial charge in [-0.25, -0.2) is 0 Å². The summed E-state index contributed by atoms with van der Waals surface area (Å²) in [6.45, 7) is 0. The Bertz CT molecular complexity index is 245. The van der Waals surface area contributed by atoms with Crippen LogP contribution in [0, 0.1) is 0 Å². The number of hydrogen-bond donors (Lipinski definition) is 1. The van der Waals surface area contributed by atoms with Gasteiger partial charge >= 0.3 is 0 Å². The second kappa shape index (κ2) is 3.51. The monoisotopic (exact) mass is 200 g/mol. The Kier molecular flexibility index (Phi) is 3.47. The molecule has 1 unspecified atom stereocenters. The summed E-state index contributed by atoms with van der Waals surface area (Å²) in [5.74, 6) is -0.0809. The zero-order valence-corrected chi connectivity index (χ0v) is 7.32. The molecule has 0 bridgehead atoms. The summed E-state index contributed by atoms with van der Waals surface area (Å²) in [6.07, 6.45) is 0.543. The standard InChI is InChI=1S/C5H8O4S.ClH/c6-4-1-2-5(3-4)10(7,8)9;/h5H,1-3H2,(H,7,8,9);1H. The van der Waals surface area contributed by atoms with E-state index in [4.69, 9.17) is 4.55 Å². The van der Waals surface area contributed by atoms with Crippen LogP contribution in [-0.4, -0.2) is 24.0 Å². The van der Waals surface area contributed by atoms with Crippen molar-refractivity contribution >= 4 is 28.3 Å². The zero-order valence-electron chi connectivity index (χ0n) is 5.69. The van der Waals surface area contributed by atoms with Crippen molar-refractivity contribution in [3.8, 4) is 0 Å². The van der Waals surface area contributed by atoms with Gasteiger partial charge in [0.05, 0.1) is 5.25 Å². The van der Waals surface area contributed by atoms with Gasteiger partial charge in [0.2, 0.25) is 0 Å². The van der Waals surface area contributed by atoms with E-state index in [1.807, 2.05) is 0 Å². The van der Waals surface area contributed by atoms with E-state index in [-0.39, 0.29) is 37.5 Å². The molecule has 1 rings (SSSR count). The first-order valence-corrected chi connectivity index (χ1v) is 4.48. The minimum absolute atomic E-state index is 0. The van der Waals surface area contributed by atoms with Crippen LogP contribution in [0.1, 0.15) is 19.3 Å². The van der Waals surface area contributed by atoms with Crippen LogP contribution in [-0.2, 0) is 14.9 Å². The van der Waals surface area contributed by atoms with Gasteiger partial charge in [0.15, 0.2) is 0 Å². The highest BCUT2D eigenvalue weighted by molar-refractivity contribution is 7.86. The number of hydrogen-bond acceptors (Lipinski definition) is 3. The summed E-state index contributed by atoms with van der Waals surface area (Å²) in [7, 11) is -3.96. The molecular weight excluding hydrogens is 192 g/mol. The van der Waals surface area contributed by atoms with Crippen molar-refractivity contribution in [1.29, 1.82) is 0 Å². The molecule has 0 spiro atoms. The predicted molar refractivity (Wildman–Crippen MR) is 41.4 cm³/mol. The lowest BCUT2D eigenvalue weighted by Gasteiger charge is -2.00. The molecule has 1 atom stereocenters. The van der Waals surface area contributed by atoms with Gasteiger partial charge in [0.25, 0.3) is 10.1 Å². The number of carbonyl (C=O) groups is 1. The van der Waals surface area contributed by atoms with Crippen LogP contribution in [0.5, 0.6) is 0 Å². The minimum atomic E-state index is -3.96. The molecule has 0 radical (unpaired) electrons. The van der Waals surface area contributed by atoms with Crippen LogP contribution in [0.4, 0.5) is 0 Å². The maximum absolute atomic E-state index is 10.5. The Labute approximate surface area is 71.1 Å². The van der Waals surface area contributed by atoms with Crippen molar-refractivity contribution < 1.29 is 17.8 Å². The first-order chi connectivity index (χ1) is 4.50. The van der Waals surface area contributed by atoms with Crippen molar-refractivity contribution in [3.05, 3.63) is 0 Å². The van der Waals surface area contributed by atoms with Crippen molar-refractivity contribution in [2.75, 3.05) is 0 Å². The Morgan fingerprint density at radius 1 is 1.45 bits per heavy atom. The van der Waals surface area contributed by atoms with Crippen molar-refractivity contribution in [1.82, 2.24) is 0 Å². The molecule has 66 valence electrons. The number of Topliss-reactive ketones (excluding diaryl/α,β-unsaturated/α-hetero) is 1. The van der Waals surface area contributed by atoms with E-state index >= 15 is 0 Å². The molecule has 0 saturated heterocycles. The van der Waals surface area contributed by atoms with Crippen molar-refractivity contribution in [3.63, 3.8) is 0 Å². The lowest BCUT2D eigenvalue weighted by Crippen LogP contribution is -2.16. The Morgan fingerprint density at radius 3 is 2.18 bits per heavy atom. The fourth-order valence-electron chi connectivity index (χ4n) is 1.03. The molecule has 0 aromatic rings. The number of carbonyl (C=O) groups excluding carboxylic acids is 1. The molecular formula is C5H9ClO4S. The smallest absolute Gasteiger partial charge is 0.268 e. The maximum atomic E-state index is 10.5. The topological polar surface area (TPSA) is 71.4 Å². The Balaban J connectivity index is 0.000001000. The van der Waals surface area contributed by atoms with Gasteiger partial charge in [-0.3, -0.25) is 9.35 Å². The van der Waals surface area contributed by atoms with Gasteiger partial charge in [-0.05, 0) is 6.42 Å². The third-order valence-corrected chi connectivity index (χ3v) is 2.87. The molecule has 6 heteroatoms. The molecule has 0 amide bonds. The molecule has 1 saturated carbocycles. The van der Waals surface area contributed by atoms with Crippen LogP contribution in [0.2, 0.25) is 0 Å². The highest BCUT2D eigenvalue weighted by Crippen LogP contribution is 2.20. The highest BCUT2D eigenvalue weighted by atomic mass is 35.5. The quantitative estimate of drug-likeness (QED) is 0.623. The maximum Gasteiger partial charge on any atom is 0.268 e. The summed E-state index contributed by atoms with van der Waals surface area (Å²) >= 11 is 0. The molecule has 1 fully saturated rings. The molecule has 1 aliphatic rings. The second-order valence-corrected chi connectivity index (χ2v) is 4.12. The average Bonchev–Trinajstić information content (AvgIpc) is 2.11. The SMILES string of the molecule is Cl.O=C1CCC(S(=O)(=O)O)C1. The first kappa shape index (κ1) is 10.9. The molecule has 0 aliphatic heterocycles. The van der Waals surface area contributed by atoms with E-state index in [1.54, 1.807) is 0 Å². The fourth-order valence-corrected chi connectivity index (χ4v) is 1.85. The fraction of sp³-hybridized carbons (Fsp3) is 0.800. The molecule has 1 N–H and O–H groups in total. The van der Waals surface area contributed by atoms with E-state index in [1.165, 1.54) is 0 Å². The van der Waals surface area contributed by atoms with E-state index in [0.29, 0.717) is 0 Å². The molecule has 0 aromatic carbocycles. The summed E-state index contributed by atoms with van der Waals surface area (Å²) < 4.78 is 29.2. The molecule has 4 nitrogen and oxygen atoms in total. The Morgan fingerprint density at radius 2 is 2.00 bits per heavy atom. The van der Waals surface area contributed by atoms with Crippen LogP contribution in [0.25, 0.3) is 0 Å². The van der Waals surface area contributed by atoms with Crippen LogP contribution >= 0.6 is 12.4 Å². The van der Waals surface area contributed by atoms with E-state index in [0.717, 1.165) is 0 Å². The van der Waals surface area contributed by atoms with E-state index < -0.39 is 15.4 Å². The number of halogens is 1. The molecule has 11 heavy (non-hydrogen) atoms. The third-order valence-electron chi connectivity index (χ3n) is 1.62. The highest BCUT2D eigenvalue weighted by Gasteiger charge is 2.31. The van der Waals surface area contributed by atoms with Crippen LogP contribution in [0.15, 0.2) is 0 Å². The van der Waals surface area contributed by atoms with Crippen LogP contribution < -0.4 is 0 Å². The van der Waals surface area contributed by atoms with Gasteiger partial charge in [-0.1, -0.05) is 0 Å². The summed E-state index contributed by atoms with van der Waals surface area (Å²) in [5.41, 5.74) is 0. The normalized spacial score (nSPS) is 24.8. The van der Waals surface area contributed by atoms with Gasteiger partial charge in [-0.15, -0.1) is 12.4 Å². The van der Waals surface area contributed by atoms with Gasteiger partial charge in [0.1, 0.15) is 5.78 Å². The first-order valence-electron chi connectivity index (χ1n) is 2.98. The molecule has 0 heterocycles. The van der Waals surface area contributed by atoms with Gasteiger partial charge in [-0.2, -0.15) is 8.42 Å². The third kappa shape index (κ3) is 2.76. The summed E-state index contributed by atoms with van der Waals surface area (Å²) in [5, 5.41) is -0.833. The lowest BCUT2D eigenvalue weighted by atomic mass is 10.4. The average molecular weight is 201 g/mol. The molecule has 1 aliphatic carbocycles. The van der Waals surface area contributed by atoms with E-state index in [9.17, 15) is 13.2 Å². The van der Waals surface area contributed by atoms with Crippen molar-refractivity contribution in [2.24, 2.45) is 0 Å². The van der Waals surface area contributed by atoms with Gasteiger partial charge < -0.3 is 0 Å². The predicted octanol–water partition coefficient (Wildman–Crippen LogP) is 0.418. The lowest BCUT2D eigenvalue weighted by molar-refractivity contribution is -0.117. The molecule has 0 aromatic heterocycles. The van der Waals surface area contributed by atoms with Crippen molar-refractivity contribution in [2.45, 2.75) is 24.5 Å².